The van der Waals surface area contributed by atoms with Crippen LogP contribution in [0.3, 0.4) is 0 Å². The van der Waals surface area contributed by atoms with Crippen LogP contribution in [0, 0.1) is 59.2 Å². The minimum atomic E-state index is -0.435. The molecule has 4 saturated carbocycles. The number of hydrogen-bond acceptors (Lipinski definition) is 4. The van der Waals surface area contributed by atoms with Crippen molar-refractivity contribution in [3.05, 3.63) is 29.8 Å². The lowest BCUT2D eigenvalue weighted by Gasteiger charge is -2.66. The zero-order valence-electron chi connectivity index (χ0n) is 29.4. The number of carbonyl (C=O) groups is 2. The number of aryl methyl sites for hydroxylation is 1. The van der Waals surface area contributed by atoms with Crippen molar-refractivity contribution in [1.29, 1.82) is 0 Å². The first-order valence-corrected chi connectivity index (χ1v) is 19.1. The van der Waals surface area contributed by atoms with Crippen LogP contribution in [0.1, 0.15) is 131 Å². The minimum absolute atomic E-state index is 0.0120. The van der Waals surface area contributed by atoms with Gasteiger partial charge in [-0.05, 0) is 116 Å². The molecule has 1 aliphatic heterocycles. The Morgan fingerprint density at radius 1 is 0.956 bits per heavy atom. The van der Waals surface area contributed by atoms with Crippen LogP contribution in [0.5, 0.6) is 0 Å². The topological polar surface area (TPSA) is 53.0 Å². The van der Waals surface area contributed by atoms with E-state index in [2.05, 4.69) is 53.7 Å². The number of amides is 2. The molecule has 0 unspecified atom stereocenters. The van der Waals surface area contributed by atoms with Gasteiger partial charge in [0.1, 0.15) is 4.87 Å². The minimum Gasteiger partial charge on any atom is -0.274 e. The fraction of sp³-hybridized carbons (Fsp3) is 0.769. The predicted molar refractivity (Wildman–Crippen MR) is 188 cm³/mol. The van der Waals surface area contributed by atoms with Gasteiger partial charge in [0.15, 0.2) is 5.17 Å². The van der Waals surface area contributed by atoms with Crippen LogP contribution in [-0.2, 0) is 9.59 Å². The molecule has 0 bridgehead atoms. The fourth-order valence-corrected chi connectivity index (χ4v) is 13.6. The number of hydrazone groups is 1. The second-order valence-electron chi connectivity index (χ2n) is 16.8. The summed E-state index contributed by atoms with van der Waals surface area (Å²) in [7, 11) is 0. The number of rotatable bonds is 6. The van der Waals surface area contributed by atoms with Crippen molar-refractivity contribution in [3.63, 3.8) is 0 Å². The van der Waals surface area contributed by atoms with Crippen LogP contribution in [0.25, 0.3) is 0 Å². The molecule has 1 aromatic rings. The van der Waals surface area contributed by atoms with E-state index in [1.165, 1.54) is 64.2 Å². The molecule has 1 aromatic carbocycles. The number of amidine groups is 1. The van der Waals surface area contributed by atoms with Crippen LogP contribution in [-0.4, -0.2) is 26.9 Å². The monoisotopic (exact) mass is 633 g/mol. The number of carbonyl (C=O) groups excluding carboxylic acids is 2. The van der Waals surface area contributed by atoms with E-state index in [1.54, 1.807) is 30.5 Å². The Hall–Kier alpha value is -1.82. The van der Waals surface area contributed by atoms with Gasteiger partial charge in [-0.2, -0.15) is 0 Å². The molecule has 0 aromatic heterocycles. The van der Waals surface area contributed by atoms with Gasteiger partial charge < -0.3 is 0 Å². The van der Waals surface area contributed by atoms with Crippen molar-refractivity contribution in [2.45, 2.75) is 137 Å². The highest BCUT2D eigenvalue weighted by Crippen LogP contribution is 2.72. The largest absolute Gasteiger partial charge is 0.274 e. The number of fused-ring (bicyclic) bond motifs is 6. The lowest BCUT2D eigenvalue weighted by atomic mass is 9.43. The normalized spacial score (nSPS) is 38.0. The van der Waals surface area contributed by atoms with E-state index in [0.717, 1.165) is 41.8 Å². The summed E-state index contributed by atoms with van der Waals surface area (Å²) in [5.74, 6) is 4.68. The summed E-state index contributed by atoms with van der Waals surface area (Å²) < 4.78 is 0. The molecule has 6 heteroatoms. The van der Waals surface area contributed by atoms with Crippen molar-refractivity contribution in [2.24, 2.45) is 57.4 Å². The Kier molecular flexibility index (Phi) is 9.06. The standard InChI is InChI=1S/C39H59N3O2S/c1-25(2)12-11-13-27(4)32-19-20-33-31-24-39(35-14-9-10-22-38(35,8)34(31)21-23-37(32,33)7)42(29(6)44)40-36(45-39)41(28(5)43)30-17-15-26(3)16-18-30/h15-18,25,27,31-35H,9-14,19-24H2,1-8H3/t27-,31+,32-,33+,34+,35+,37-,38-,39-/m1/s1. The van der Waals surface area contributed by atoms with Gasteiger partial charge in [-0.1, -0.05) is 96.2 Å². The van der Waals surface area contributed by atoms with Crippen LogP contribution in [0.15, 0.2) is 29.4 Å². The van der Waals surface area contributed by atoms with Gasteiger partial charge in [-0.3, -0.25) is 14.5 Å². The van der Waals surface area contributed by atoms with Crippen molar-refractivity contribution in [1.82, 2.24) is 5.01 Å². The average molecular weight is 634 g/mol. The van der Waals surface area contributed by atoms with Crippen LogP contribution < -0.4 is 4.90 Å². The van der Waals surface area contributed by atoms with Gasteiger partial charge in [0.25, 0.3) is 0 Å². The van der Waals surface area contributed by atoms with E-state index in [-0.39, 0.29) is 17.2 Å². The van der Waals surface area contributed by atoms with Crippen LogP contribution in [0.2, 0.25) is 0 Å². The van der Waals surface area contributed by atoms with E-state index in [9.17, 15) is 9.59 Å². The summed E-state index contributed by atoms with van der Waals surface area (Å²) >= 11 is 1.76. The molecule has 248 valence electrons. The van der Waals surface area contributed by atoms with Gasteiger partial charge in [0.05, 0.1) is 5.69 Å². The number of anilines is 1. The number of benzene rings is 1. The molecule has 0 radical (unpaired) electrons. The third-order valence-corrected chi connectivity index (χ3v) is 15.1. The summed E-state index contributed by atoms with van der Waals surface area (Å²) in [6, 6.07) is 8.13. The van der Waals surface area contributed by atoms with Gasteiger partial charge in [0, 0.05) is 13.8 Å². The lowest BCUT2D eigenvalue weighted by molar-refractivity contribution is -0.165. The lowest BCUT2D eigenvalue weighted by Crippen LogP contribution is -2.65. The highest BCUT2D eigenvalue weighted by molar-refractivity contribution is 8.15. The maximum Gasteiger partial charge on any atom is 0.240 e. The Labute approximate surface area is 277 Å². The van der Waals surface area contributed by atoms with E-state index in [1.807, 2.05) is 17.1 Å². The van der Waals surface area contributed by atoms with Crippen molar-refractivity contribution in [2.75, 3.05) is 4.90 Å². The summed E-state index contributed by atoms with van der Waals surface area (Å²) in [6.45, 7) is 17.9. The first-order valence-electron chi connectivity index (χ1n) is 18.3. The summed E-state index contributed by atoms with van der Waals surface area (Å²) in [5.41, 5.74) is 2.54. The predicted octanol–water partition coefficient (Wildman–Crippen LogP) is 10.0. The zero-order valence-corrected chi connectivity index (χ0v) is 30.2. The molecule has 0 saturated heterocycles. The second-order valence-corrected chi connectivity index (χ2v) is 18.0. The maximum atomic E-state index is 13.7. The number of thioether (sulfide) groups is 1. The average Bonchev–Trinajstić information content (AvgIpc) is 3.52. The van der Waals surface area contributed by atoms with Crippen LogP contribution in [0.4, 0.5) is 5.69 Å². The van der Waals surface area contributed by atoms with E-state index in [4.69, 9.17) is 5.10 Å². The molecular formula is C39H59N3O2S. The highest BCUT2D eigenvalue weighted by Gasteiger charge is 2.69. The van der Waals surface area contributed by atoms with E-state index in [0.29, 0.717) is 34.3 Å². The summed E-state index contributed by atoms with van der Waals surface area (Å²) in [6.07, 6.45) is 15.3. The molecule has 5 nitrogen and oxygen atoms in total. The van der Waals surface area contributed by atoms with Gasteiger partial charge >= 0.3 is 0 Å². The van der Waals surface area contributed by atoms with Crippen molar-refractivity contribution < 1.29 is 9.59 Å². The molecule has 9 atom stereocenters. The quantitative estimate of drug-likeness (QED) is 0.313. The van der Waals surface area contributed by atoms with Crippen molar-refractivity contribution >= 4 is 34.4 Å². The van der Waals surface area contributed by atoms with Crippen molar-refractivity contribution in [3.8, 4) is 0 Å². The zero-order chi connectivity index (χ0) is 32.3. The Balaban J connectivity index is 1.36. The Morgan fingerprint density at radius 3 is 2.33 bits per heavy atom. The Bertz CT molecular complexity index is 1310. The summed E-state index contributed by atoms with van der Waals surface area (Å²) in [4.78, 5) is 28.3. The highest BCUT2D eigenvalue weighted by atomic mass is 32.2. The maximum absolute atomic E-state index is 13.7. The molecular weight excluding hydrogens is 575 g/mol. The third kappa shape index (κ3) is 5.51. The van der Waals surface area contributed by atoms with Crippen LogP contribution >= 0.6 is 11.8 Å². The molecule has 1 spiro atoms. The number of nitrogens with zero attached hydrogens (tertiary/aromatic N) is 3. The molecule has 4 fully saturated rings. The van der Waals surface area contributed by atoms with Gasteiger partial charge in [-0.15, -0.1) is 5.10 Å². The second kappa shape index (κ2) is 12.3. The SMILES string of the molecule is CC(=O)N(C1=NN(C(C)=O)[C@]2(C[C@H]3[C@@H]4CC[C@H]([C@H](C)CCCC(C)C)[C@@]4(C)CC[C@@H]3[C@@]3(C)CCCC[C@@H]32)S1)c1ccc(C)cc1. The fourth-order valence-electron chi connectivity index (χ4n) is 11.7. The molecule has 4 aliphatic carbocycles. The van der Waals surface area contributed by atoms with E-state index < -0.39 is 4.87 Å². The Morgan fingerprint density at radius 2 is 1.67 bits per heavy atom. The number of hydrogen-bond donors (Lipinski definition) is 0. The molecule has 6 rings (SSSR count). The first kappa shape index (κ1) is 33.1. The first-order chi connectivity index (χ1) is 21.3. The molecule has 1 heterocycles. The third-order valence-electron chi connectivity index (χ3n) is 13.7. The molecule has 5 aliphatic rings. The van der Waals surface area contributed by atoms with Gasteiger partial charge in [-0.25, -0.2) is 5.01 Å². The smallest absolute Gasteiger partial charge is 0.240 e. The van der Waals surface area contributed by atoms with Gasteiger partial charge in [0.2, 0.25) is 11.8 Å². The summed E-state index contributed by atoms with van der Waals surface area (Å²) in [5, 5.41) is 7.67. The molecule has 2 amide bonds. The molecule has 0 N–H and O–H groups in total. The van der Waals surface area contributed by atoms with E-state index >= 15 is 0 Å². The molecule has 45 heavy (non-hydrogen) atoms.